The lowest BCUT2D eigenvalue weighted by molar-refractivity contribution is -0.140. The molecule has 3 atom stereocenters. The van der Waals surface area contributed by atoms with E-state index < -0.39 is 12.1 Å². The molecule has 4 N–H and O–H groups in total. The maximum absolute atomic E-state index is 13.6. The van der Waals surface area contributed by atoms with Gasteiger partial charge in [0.05, 0.1) is 24.5 Å². The Labute approximate surface area is 265 Å². The van der Waals surface area contributed by atoms with Crippen molar-refractivity contribution < 1.29 is 19.2 Å². The SMILES string of the molecule is CC(C)[C@@H]1NC(=O)c2csc(n2)[C@H](Cc2ccccc2)NC(=O)CN(C(=O)[C@@H]2CCCNC2)CCCNC(=O)c2csc1n2. The number of carbonyl (C=O) groups excluding carboxylic acids is 4. The molecule has 44 heavy (non-hydrogen) atoms. The van der Waals surface area contributed by atoms with E-state index in [1.165, 1.54) is 22.7 Å². The highest BCUT2D eigenvalue weighted by Crippen LogP contribution is 2.27. The van der Waals surface area contributed by atoms with E-state index in [4.69, 9.17) is 0 Å². The number of nitrogens with one attached hydrogen (secondary N) is 4. The summed E-state index contributed by atoms with van der Waals surface area (Å²) in [5.41, 5.74) is 1.54. The van der Waals surface area contributed by atoms with Crippen LogP contribution in [0.1, 0.15) is 81.7 Å². The average Bonchev–Trinajstić information content (AvgIpc) is 3.72. The molecule has 0 saturated carbocycles. The summed E-state index contributed by atoms with van der Waals surface area (Å²) in [7, 11) is 0. The molecule has 4 heterocycles. The summed E-state index contributed by atoms with van der Waals surface area (Å²) in [6.45, 7) is 5.95. The third-order valence-electron chi connectivity index (χ3n) is 7.83. The largest absolute Gasteiger partial charge is 0.351 e. The molecule has 0 unspecified atom stereocenters. The van der Waals surface area contributed by atoms with Gasteiger partial charge in [0.15, 0.2) is 0 Å². The van der Waals surface area contributed by atoms with E-state index >= 15 is 0 Å². The third kappa shape index (κ3) is 8.07. The van der Waals surface area contributed by atoms with Crippen molar-refractivity contribution >= 4 is 46.3 Å². The van der Waals surface area contributed by atoms with Crippen LogP contribution in [0.4, 0.5) is 0 Å². The van der Waals surface area contributed by atoms with Crippen LogP contribution in [0.25, 0.3) is 0 Å². The molecule has 4 amide bonds. The number of hydrogen-bond donors (Lipinski definition) is 4. The number of carbonyl (C=O) groups is 4. The zero-order chi connectivity index (χ0) is 31.1. The fourth-order valence-corrected chi connectivity index (χ4v) is 7.30. The summed E-state index contributed by atoms with van der Waals surface area (Å²) in [6.07, 6.45) is 2.63. The van der Waals surface area contributed by atoms with Crippen LogP contribution in [0.3, 0.4) is 0 Å². The molecule has 2 aliphatic heterocycles. The first-order chi connectivity index (χ1) is 21.3. The molecule has 3 aromatic rings. The fourth-order valence-electron chi connectivity index (χ4n) is 5.43. The van der Waals surface area contributed by atoms with Crippen LogP contribution in [-0.2, 0) is 16.0 Å². The number of benzene rings is 1. The molecule has 2 aromatic heterocycles. The highest BCUT2D eigenvalue weighted by molar-refractivity contribution is 7.10. The van der Waals surface area contributed by atoms with Gasteiger partial charge < -0.3 is 26.2 Å². The van der Waals surface area contributed by atoms with Gasteiger partial charge in [-0.25, -0.2) is 9.97 Å². The van der Waals surface area contributed by atoms with Crippen molar-refractivity contribution in [2.75, 3.05) is 32.7 Å². The van der Waals surface area contributed by atoms with Gasteiger partial charge in [-0.3, -0.25) is 19.2 Å². The Morgan fingerprint density at radius 1 is 0.955 bits per heavy atom. The van der Waals surface area contributed by atoms with E-state index in [1.807, 2.05) is 44.2 Å². The molecule has 1 fully saturated rings. The van der Waals surface area contributed by atoms with Gasteiger partial charge in [-0.05, 0) is 43.7 Å². The second-order valence-electron chi connectivity index (χ2n) is 11.6. The minimum atomic E-state index is -0.492. The molecular weight excluding hydrogens is 599 g/mol. The van der Waals surface area contributed by atoms with Crippen molar-refractivity contribution in [3.8, 4) is 0 Å². The fraction of sp³-hybridized carbons (Fsp3) is 0.484. The van der Waals surface area contributed by atoms with Crippen LogP contribution >= 0.6 is 22.7 Å². The first-order valence-electron chi connectivity index (χ1n) is 15.1. The van der Waals surface area contributed by atoms with E-state index in [1.54, 1.807) is 15.7 Å². The first kappa shape index (κ1) is 31.7. The van der Waals surface area contributed by atoms with E-state index in [0.717, 1.165) is 24.9 Å². The summed E-state index contributed by atoms with van der Waals surface area (Å²) in [5, 5.41) is 16.9. The molecule has 11 nitrogen and oxygen atoms in total. The van der Waals surface area contributed by atoms with E-state index in [2.05, 4.69) is 31.2 Å². The molecule has 4 bridgehead atoms. The van der Waals surface area contributed by atoms with E-state index in [0.29, 0.717) is 42.5 Å². The standard InChI is InChI=1S/C31H39N7O4S2/c1-19(2)26-30-36-23(17-44-30)27(40)33-12-7-13-38(31(42)21-10-6-11-32-15-21)16-25(39)34-22(14-20-8-4-3-5-9-20)29-35-24(18-43-29)28(41)37-26/h3-5,8-9,17-19,21-22,26,32H,6-7,10-16H2,1-2H3,(H,33,40)(H,34,39)(H,37,41)/t21-,22+,26+/m1/s1. The van der Waals surface area contributed by atoms with Gasteiger partial charge in [0.2, 0.25) is 11.8 Å². The van der Waals surface area contributed by atoms with Crippen LogP contribution in [0.2, 0.25) is 0 Å². The van der Waals surface area contributed by atoms with Crippen molar-refractivity contribution in [2.24, 2.45) is 11.8 Å². The van der Waals surface area contributed by atoms with Gasteiger partial charge in [-0.1, -0.05) is 44.2 Å². The van der Waals surface area contributed by atoms with Crippen molar-refractivity contribution in [2.45, 2.75) is 51.6 Å². The van der Waals surface area contributed by atoms with Gasteiger partial charge >= 0.3 is 0 Å². The number of piperidine rings is 1. The van der Waals surface area contributed by atoms with Gasteiger partial charge in [0.1, 0.15) is 21.4 Å². The summed E-state index contributed by atoms with van der Waals surface area (Å²) in [6, 6.07) is 8.88. The summed E-state index contributed by atoms with van der Waals surface area (Å²) < 4.78 is 0. The minimum absolute atomic E-state index is 0.0150. The highest BCUT2D eigenvalue weighted by atomic mass is 32.1. The van der Waals surface area contributed by atoms with E-state index in [-0.39, 0.29) is 53.4 Å². The van der Waals surface area contributed by atoms with Crippen LogP contribution in [0.5, 0.6) is 0 Å². The monoisotopic (exact) mass is 637 g/mol. The summed E-state index contributed by atoms with van der Waals surface area (Å²) in [4.78, 5) is 64.2. The summed E-state index contributed by atoms with van der Waals surface area (Å²) in [5.74, 6) is -1.23. The normalized spacial score (nSPS) is 22.3. The van der Waals surface area contributed by atoms with Crippen molar-refractivity contribution in [3.05, 3.63) is 68.1 Å². The summed E-state index contributed by atoms with van der Waals surface area (Å²) >= 11 is 2.64. The zero-order valence-corrected chi connectivity index (χ0v) is 26.6. The quantitative estimate of drug-likeness (QED) is 0.344. The second-order valence-corrected chi connectivity index (χ2v) is 13.3. The smallest absolute Gasteiger partial charge is 0.271 e. The number of thiazole rings is 2. The Morgan fingerprint density at radius 3 is 2.41 bits per heavy atom. The molecule has 1 saturated heterocycles. The Morgan fingerprint density at radius 2 is 1.68 bits per heavy atom. The molecule has 5 rings (SSSR count). The Hall–Kier alpha value is -3.68. The molecule has 2 aliphatic rings. The highest BCUT2D eigenvalue weighted by Gasteiger charge is 2.30. The van der Waals surface area contributed by atoms with Crippen molar-refractivity contribution in [1.29, 1.82) is 0 Å². The number of aromatic nitrogens is 2. The van der Waals surface area contributed by atoms with Gasteiger partial charge in [-0.15, -0.1) is 22.7 Å². The number of hydrogen-bond acceptors (Lipinski definition) is 9. The lowest BCUT2D eigenvalue weighted by Gasteiger charge is -2.30. The average molecular weight is 638 g/mol. The lowest BCUT2D eigenvalue weighted by atomic mass is 9.98. The lowest BCUT2D eigenvalue weighted by Crippen LogP contribution is -2.48. The molecule has 1 aromatic carbocycles. The molecule has 0 aliphatic carbocycles. The number of amides is 4. The molecule has 13 heteroatoms. The third-order valence-corrected chi connectivity index (χ3v) is 9.71. The zero-order valence-electron chi connectivity index (χ0n) is 25.0. The molecule has 234 valence electrons. The number of rotatable bonds is 4. The van der Waals surface area contributed by atoms with Crippen LogP contribution in [0, 0.1) is 11.8 Å². The Kier molecular flexibility index (Phi) is 10.7. The topological polar surface area (TPSA) is 145 Å². The second kappa shape index (κ2) is 14.9. The van der Waals surface area contributed by atoms with Crippen LogP contribution in [-0.4, -0.2) is 71.2 Å². The molecule has 0 radical (unpaired) electrons. The predicted octanol–water partition coefficient (Wildman–Crippen LogP) is 3.09. The molecular formula is C31H39N7O4S2. The van der Waals surface area contributed by atoms with E-state index in [9.17, 15) is 19.2 Å². The Bertz CT molecular complexity index is 1450. The Balaban J connectivity index is 1.44. The predicted molar refractivity (Wildman–Crippen MR) is 169 cm³/mol. The molecule has 0 spiro atoms. The van der Waals surface area contributed by atoms with Crippen LogP contribution in [0.15, 0.2) is 41.1 Å². The minimum Gasteiger partial charge on any atom is -0.351 e. The maximum Gasteiger partial charge on any atom is 0.271 e. The van der Waals surface area contributed by atoms with Crippen molar-refractivity contribution in [3.63, 3.8) is 0 Å². The number of nitrogens with zero attached hydrogens (tertiary/aromatic N) is 3. The van der Waals surface area contributed by atoms with Gasteiger partial charge in [0.25, 0.3) is 11.8 Å². The van der Waals surface area contributed by atoms with Gasteiger partial charge in [0, 0.05) is 30.4 Å². The maximum atomic E-state index is 13.6. The first-order valence-corrected chi connectivity index (χ1v) is 16.9. The van der Waals surface area contributed by atoms with Crippen LogP contribution < -0.4 is 21.3 Å². The number of fused-ring (bicyclic) bond motifs is 4. The van der Waals surface area contributed by atoms with Gasteiger partial charge in [-0.2, -0.15) is 0 Å². The van der Waals surface area contributed by atoms with Crippen molar-refractivity contribution in [1.82, 2.24) is 36.1 Å².